The summed E-state index contributed by atoms with van der Waals surface area (Å²) >= 11 is 0. The lowest BCUT2D eigenvalue weighted by molar-refractivity contribution is 0.660. The highest BCUT2D eigenvalue weighted by Crippen LogP contribution is 2.52. The molecule has 0 saturated carbocycles. The lowest BCUT2D eigenvalue weighted by Crippen LogP contribution is -2.17. The van der Waals surface area contributed by atoms with E-state index >= 15 is 0 Å². The van der Waals surface area contributed by atoms with Crippen LogP contribution in [0.25, 0.3) is 54.6 Å². The number of fused-ring (bicyclic) bond motifs is 6. The van der Waals surface area contributed by atoms with Gasteiger partial charge in [-0.1, -0.05) is 147 Å². The Morgan fingerprint density at radius 1 is 0.391 bits per heavy atom. The highest BCUT2D eigenvalue weighted by Gasteiger charge is 2.36. The Labute approximate surface area is 270 Å². The molecule has 0 atom stereocenters. The third kappa shape index (κ3) is 4.02. The van der Waals surface area contributed by atoms with Gasteiger partial charge >= 0.3 is 0 Å². The molecule has 0 amide bonds. The molecule has 218 valence electrons. The minimum absolute atomic E-state index is 0.0984. The second kappa shape index (κ2) is 10.2. The second-order valence-corrected chi connectivity index (χ2v) is 13.0. The quantitative estimate of drug-likeness (QED) is 0.198. The van der Waals surface area contributed by atoms with Gasteiger partial charge in [0.25, 0.3) is 0 Å². The zero-order valence-corrected chi connectivity index (χ0v) is 26.0. The SMILES string of the molecule is CC1(C)c2ccccc2-c2ccc(N(c3ccc4ccccc4c3)c3ccc4ccccc4c3-c3cccc4ccccc34)cc21. The van der Waals surface area contributed by atoms with Crippen LogP contribution in [0.5, 0.6) is 0 Å². The van der Waals surface area contributed by atoms with Gasteiger partial charge in [-0.3, -0.25) is 0 Å². The van der Waals surface area contributed by atoms with E-state index in [9.17, 15) is 0 Å². The molecule has 0 spiro atoms. The standard InChI is InChI=1S/C45H33N/c1-45(2)41-21-10-9-19-38(41)39-26-25-35(29-42(39)45)46(34-24-22-30-12-3-4-15-33(30)28-34)43-27-23-32-14-6-8-18-37(32)44(43)40-20-11-16-31-13-5-7-17-36(31)40/h3-29H,1-2H3. The molecule has 0 aliphatic heterocycles. The summed E-state index contributed by atoms with van der Waals surface area (Å²) in [5.41, 5.74) is 11.3. The summed E-state index contributed by atoms with van der Waals surface area (Å²) in [6, 6.07) is 60.3. The Kier molecular flexibility index (Phi) is 5.92. The maximum atomic E-state index is 2.48. The fraction of sp³-hybridized carbons (Fsp3) is 0.0667. The number of rotatable bonds is 4. The molecule has 0 aromatic heterocycles. The molecular weight excluding hydrogens is 555 g/mol. The van der Waals surface area contributed by atoms with Crippen molar-refractivity contribution in [1.82, 2.24) is 0 Å². The Hall–Kier alpha value is -5.66. The summed E-state index contributed by atoms with van der Waals surface area (Å²) in [4.78, 5) is 2.48. The topological polar surface area (TPSA) is 3.24 Å². The molecule has 9 rings (SSSR count). The van der Waals surface area contributed by atoms with Crippen molar-refractivity contribution in [2.45, 2.75) is 19.3 Å². The molecule has 1 heteroatoms. The highest BCUT2D eigenvalue weighted by molar-refractivity contribution is 6.11. The summed E-state index contributed by atoms with van der Waals surface area (Å²) in [5, 5.41) is 7.45. The van der Waals surface area contributed by atoms with Crippen molar-refractivity contribution in [3.63, 3.8) is 0 Å². The van der Waals surface area contributed by atoms with Crippen molar-refractivity contribution in [3.8, 4) is 22.3 Å². The molecule has 1 nitrogen and oxygen atoms in total. The zero-order valence-electron chi connectivity index (χ0n) is 26.0. The number of hydrogen-bond donors (Lipinski definition) is 0. The van der Waals surface area contributed by atoms with E-state index in [0.717, 1.165) is 11.4 Å². The Morgan fingerprint density at radius 2 is 0.957 bits per heavy atom. The van der Waals surface area contributed by atoms with Crippen LogP contribution < -0.4 is 4.90 Å². The van der Waals surface area contributed by atoms with Crippen molar-refractivity contribution < 1.29 is 0 Å². The maximum absolute atomic E-state index is 2.48. The molecule has 46 heavy (non-hydrogen) atoms. The van der Waals surface area contributed by atoms with E-state index in [-0.39, 0.29) is 5.41 Å². The smallest absolute Gasteiger partial charge is 0.0546 e. The number of benzene rings is 8. The van der Waals surface area contributed by atoms with Crippen molar-refractivity contribution >= 4 is 49.4 Å². The Morgan fingerprint density at radius 3 is 1.80 bits per heavy atom. The van der Waals surface area contributed by atoms with Gasteiger partial charge < -0.3 is 4.90 Å². The fourth-order valence-electron chi connectivity index (χ4n) is 7.75. The highest BCUT2D eigenvalue weighted by atomic mass is 15.1. The molecule has 0 fully saturated rings. The molecule has 1 aliphatic rings. The van der Waals surface area contributed by atoms with E-state index in [0.29, 0.717) is 0 Å². The average molecular weight is 588 g/mol. The van der Waals surface area contributed by atoms with Crippen LogP contribution in [0.2, 0.25) is 0 Å². The number of hydrogen-bond acceptors (Lipinski definition) is 1. The molecule has 0 N–H and O–H groups in total. The summed E-state index contributed by atoms with van der Waals surface area (Å²) < 4.78 is 0. The summed E-state index contributed by atoms with van der Waals surface area (Å²) in [5.74, 6) is 0. The van der Waals surface area contributed by atoms with E-state index in [2.05, 4.69) is 183 Å². The lowest BCUT2D eigenvalue weighted by atomic mass is 9.82. The predicted octanol–water partition coefficient (Wildman–Crippen LogP) is 12.6. The van der Waals surface area contributed by atoms with Crippen molar-refractivity contribution in [2.24, 2.45) is 0 Å². The van der Waals surface area contributed by atoms with Crippen LogP contribution in [0.4, 0.5) is 17.1 Å². The molecule has 1 aliphatic carbocycles. The van der Waals surface area contributed by atoms with Crippen LogP contribution in [0, 0.1) is 0 Å². The van der Waals surface area contributed by atoms with Gasteiger partial charge in [0.15, 0.2) is 0 Å². The molecule has 0 unspecified atom stereocenters. The molecular formula is C45H33N. The van der Waals surface area contributed by atoms with Crippen LogP contribution >= 0.6 is 0 Å². The minimum atomic E-state index is -0.0984. The van der Waals surface area contributed by atoms with Gasteiger partial charge in [0.05, 0.1) is 5.69 Å². The van der Waals surface area contributed by atoms with Gasteiger partial charge in [0, 0.05) is 22.4 Å². The van der Waals surface area contributed by atoms with Crippen LogP contribution in [-0.4, -0.2) is 0 Å². The van der Waals surface area contributed by atoms with Crippen molar-refractivity contribution in [1.29, 1.82) is 0 Å². The first-order valence-electron chi connectivity index (χ1n) is 16.1. The first-order chi connectivity index (χ1) is 22.6. The van der Waals surface area contributed by atoms with E-state index in [1.54, 1.807) is 0 Å². The molecule has 8 aromatic carbocycles. The maximum Gasteiger partial charge on any atom is 0.0546 e. The Balaban J connectivity index is 1.36. The molecule has 8 aromatic rings. The van der Waals surface area contributed by atoms with E-state index in [1.165, 1.54) is 71.4 Å². The van der Waals surface area contributed by atoms with Crippen molar-refractivity contribution in [2.75, 3.05) is 4.90 Å². The number of nitrogens with zero attached hydrogens (tertiary/aromatic N) is 1. The third-order valence-electron chi connectivity index (χ3n) is 10.0. The van der Waals surface area contributed by atoms with Gasteiger partial charge in [0.2, 0.25) is 0 Å². The van der Waals surface area contributed by atoms with Crippen LogP contribution in [0.15, 0.2) is 164 Å². The molecule has 0 heterocycles. The first kappa shape index (κ1) is 26.7. The van der Waals surface area contributed by atoms with Crippen molar-refractivity contribution in [3.05, 3.63) is 175 Å². The van der Waals surface area contributed by atoms with Gasteiger partial charge in [0.1, 0.15) is 0 Å². The molecule has 0 radical (unpaired) electrons. The van der Waals surface area contributed by atoms with Crippen LogP contribution in [0.1, 0.15) is 25.0 Å². The van der Waals surface area contributed by atoms with E-state index in [1.807, 2.05) is 0 Å². The summed E-state index contributed by atoms with van der Waals surface area (Å²) in [7, 11) is 0. The molecule has 0 bridgehead atoms. The normalized spacial score (nSPS) is 13.2. The number of anilines is 3. The predicted molar refractivity (Wildman–Crippen MR) is 197 cm³/mol. The lowest BCUT2D eigenvalue weighted by Gasteiger charge is -2.31. The van der Waals surface area contributed by atoms with Gasteiger partial charge in [-0.15, -0.1) is 0 Å². The zero-order chi connectivity index (χ0) is 30.8. The minimum Gasteiger partial charge on any atom is -0.310 e. The first-order valence-corrected chi connectivity index (χ1v) is 16.1. The van der Waals surface area contributed by atoms with E-state index < -0.39 is 0 Å². The third-order valence-corrected chi connectivity index (χ3v) is 10.0. The summed E-state index contributed by atoms with van der Waals surface area (Å²) in [6.45, 7) is 4.72. The van der Waals surface area contributed by atoms with Gasteiger partial charge in [-0.05, 0) is 90.5 Å². The van der Waals surface area contributed by atoms with Crippen LogP contribution in [-0.2, 0) is 5.41 Å². The second-order valence-electron chi connectivity index (χ2n) is 13.0. The van der Waals surface area contributed by atoms with Crippen LogP contribution in [0.3, 0.4) is 0 Å². The molecule has 0 saturated heterocycles. The van der Waals surface area contributed by atoms with Gasteiger partial charge in [-0.2, -0.15) is 0 Å². The largest absolute Gasteiger partial charge is 0.310 e. The fourth-order valence-corrected chi connectivity index (χ4v) is 7.75. The average Bonchev–Trinajstić information content (AvgIpc) is 3.34. The Bertz CT molecular complexity index is 2460. The monoisotopic (exact) mass is 587 g/mol. The summed E-state index contributed by atoms with van der Waals surface area (Å²) in [6.07, 6.45) is 0. The van der Waals surface area contributed by atoms with Gasteiger partial charge in [-0.25, -0.2) is 0 Å². The van der Waals surface area contributed by atoms with E-state index in [4.69, 9.17) is 0 Å².